The molecule has 1 fully saturated rings. The number of benzene rings is 3. The Morgan fingerprint density at radius 2 is 1.82 bits per heavy atom. The Kier molecular flexibility index (Phi) is 5.17. The molecule has 1 heterocycles. The molecule has 5 rings (SSSR count). The Morgan fingerprint density at radius 1 is 1.00 bits per heavy atom. The maximum Gasteiger partial charge on any atom is 0.252 e. The van der Waals surface area contributed by atoms with E-state index in [1.54, 1.807) is 36.4 Å². The molecule has 2 N–H and O–H groups in total. The first kappa shape index (κ1) is 20.9. The number of hydrogen-bond acceptors (Lipinski definition) is 5. The number of fused-ring (bicyclic) bond motifs is 2. The van der Waals surface area contributed by atoms with Gasteiger partial charge in [-0.2, -0.15) is 0 Å². The Labute approximate surface area is 189 Å². The van der Waals surface area contributed by atoms with E-state index in [-0.39, 0.29) is 17.1 Å². The molecule has 33 heavy (non-hydrogen) atoms. The van der Waals surface area contributed by atoms with E-state index in [1.807, 2.05) is 0 Å². The lowest BCUT2D eigenvalue weighted by Gasteiger charge is -2.13. The molecule has 1 aliphatic carbocycles. The number of halogens is 1. The van der Waals surface area contributed by atoms with Crippen LogP contribution in [0.2, 0.25) is 0 Å². The molecule has 1 aliphatic rings. The number of nitrogens with two attached hydrogens (primary N) is 1. The number of rotatable bonds is 7. The van der Waals surface area contributed by atoms with Gasteiger partial charge in [0.05, 0.1) is 18.2 Å². The second-order valence-electron chi connectivity index (χ2n) is 8.19. The highest BCUT2D eigenvalue weighted by Gasteiger charge is 2.26. The number of methoxy groups -OCH3 is 1. The zero-order chi connectivity index (χ0) is 23.1. The number of Topliss-reactive ketones (excluding diaryl/α,β-unsaturated/α-hetero) is 1. The zero-order valence-electron chi connectivity index (χ0n) is 17.9. The molecule has 1 aromatic heterocycles. The summed E-state index contributed by atoms with van der Waals surface area (Å²) in [5.74, 6) is -0.151. The molecular weight excluding hydrogens is 423 g/mol. The lowest BCUT2D eigenvalue weighted by Crippen LogP contribution is -2.12. The summed E-state index contributed by atoms with van der Waals surface area (Å²) in [6, 6.07) is 12.9. The first-order valence-electron chi connectivity index (χ1n) is 10.6. The first-order chi connectivity index (χ1) is 16.0. The van der Waals surface area contributed by atoms with E-state index in [0.717, 1.165) is 12.8 Å². The smallest absolute Gasteiger partial charge is 0.252 e. The molecule has 6 nitrogen and oxygen atoms in total. The minimum Gasteiger partial charge on any atom is -0.496 e. The molecule has 0 bridgehead atoms. The Balaban J connectivity index is 1.56. The van der Waals surface area contributed by atoms with Gasteiger partial charge in [0, 0.05) is 35.0 Å². The predicted octanol–water partition coefficient (Wildman–Crippen LogP) is 5.41. The molecule has 166 valence electrons. The van der Waals surface area contributed by atoms with Crippen molar-refractivity contribution in [3.63, 3.8) is 0 Å². The van der Waals surface area contributed by atoms with Crippen LogP contribution in [0.15, 0.2) is 54.7 Å². The number of hydrogen-bond donors (Lipinski definition) is 1. The lowest BCUT2D eigenvalue weighted by atomic mass is 9.98. The van der Waals surface area contributed by atoms with Gasteiger partial charge in [0.25, 0.3) is 5.91 Å². The average Bonchev–Trinajstić information content (AvgIpc) is 3.63. The number of aromatic nitrogens is 1. The molecule has 1 saturated carbocycles. The van der Waals surface area contributed by atoms with Crippen molar-refractivity contribution in [1.82, 2.24) is 4.98 Å². The number of carbonyl (C=O) groups is 2. The summed E-state index contributed by atoms with van der Waals surface area (Å²) in [4.78, 5) is 28.8. The van der Waals surface area contributed by atoms with Crippen LogP contribution in [0.5, 0.6) is 17.2 Å². The Bertz CT molecular complexity index is 1430. The lowest BCUT2D eigenvalue weighted by molar-refractivity contribution is 0.0974. The molecular formula is C26H21FN2O4. The zero-order valence-corrected chi connectivity index (χ0v) is 17.9. The minimum atomic E-state index is -0.663. The van der Waals surface area contributed by atoms with Crippen LogP contribution in [0.1, 0.15) is 40.0 Å². The summed E-state index contributed by atoms with van der Waals surface area (Å²) in [6.45, 7) is 0. The van der Waals surface area contributed by atoms with Crippen LogP contribution in [0.3, 0.4) is 0 Å². The molecule has 4 aromatic rings. The molecule has 0 saturated heterocycles. The third-order valence-electron chi connectivity index (χ3n) is 5.94. The molecule has 0 radical (unpaired) electrons. The molecule has 0 aliphatic heterocycles. The summed E-state index contributed by atoms with van der Waals surface area (Å²) in [7, 11) is 1.43. The highest BCUT2D eigenvalue weighted by molar-refractivity contribution is 6.08. The van der Waals surface area contributed by atoms with E-state index in [2.05, 4.69) is 4.98 Å². The Morgan fingerprint density at radius 3 is 2.55 bits per heavy atom. The largest absolute Gasteiger partial charge is 0.496 e. The van der Waals surface area contributed by atoms with Gasteiger partial charge in [-0.25, -0.2) is 4.39 Å². The molecule has 1 amide bonds. The normalized spacial score (nSPS) is 13.3. The Hall–Kier alpha value is -4.00. The average molecular weight is 444 g/mol. The standard InChI is InChI=1S/C26H21FN2O4/c1-32-24-13-20-18(12-19(24)26(28)31)22(9-10-29-20)33-23-8-7-15-16(21(30)11-14-5-6-14)3-2-4-17(15)25(23)27/h2-4,7-10,12-14H,5-6,11H2,1H3,(H2,28,31). The molecule has 0 atom stereocenters. The highest BCUT2D eigenvalue weighted by Crippen LogP contribution is 2.38. The fourth-order valence-electron chi connectivity index (χ4n) is 4.03. The van der Waals surface area contributed by atoms with Gasteiger partial charge in [0.1, 0.15) is 11.5 Å². The summed E-state index contributed by atoms with van der Waals surface area (Å²) < 4.78 is 26.6. The SMILES string of the molecule is COc1cc2nccc(Oc3ccc4c(C(=O)CC5CC5)cccc4c3F)c2cc1C(N)=O. The van der Waals surface area contributed by atoms with Crippen LogP contribution < -0.4 is 15.2 Å². The number of ether oxygens (including phenoxy) is 2. The quantitative estimate of drug-likeness (QED) is 0.385. The van der Waals surface area contributed by atoms with Gasteiger partial charge in [0.15, 0.2) is 17.3 Å². The van der Waals surface area contributed by atoms with Crippen LogP contribution in [0.25, 0.3) is 21.7 Å². The van der Waals surface area contributed by atoms with Crippen molar-refractivity contribution in [2.24, 2.45) is 11.7 Å². The van der Waals surface area contributed by atoms with Crippen LogP contribution in [0.4, 0.5) is 4.39 Å². The topological polar surface area (TPSA) is 91.5 Å². The third-order valence-corrected chi connectivity index (χ3v) is 5.94. The van der Waals surface area contributed by atoms with Crippen molar-refractivity contribution in [1.29, 1.82) is 0 Å². The summed E-state index contributed by atoms with van der Waals surface area (Å²) in [6.07, 6.45) is 4.17. The van der Waals surface area contributed by atoms with Crippen LogP contribution in [0, 0.1) is 11.7 Å². The van der Waals surface area contributed by atoms with Crippen molar-refractivity contribution in [3.8, 4) is 17.2 Å². The van der Waals surface area contributed by atoms with Gasteiger partial charge in [-0.05, 0) is 48.4 Å². The highest BCUT2D eigenvalue weighted by atomic mass is 19.1. The van der Waals surface area contributed by atoms with Gasteiger partial charge < -0.3 is 15.2 Å². The van der Waals surface area contributed by atoms with Crippen LogP contribution in [-0.4, -0.2) is 23.8 Å². The van der Waals surface area contributed by atoms with Gasteiger partial charge in [-0.15, -0.1) is 0 Å². The molecule has 3 aromatic carbocycles. The number of carbonyl (C=O) groups excluding carboxylic acids is 2. The number of pyridine rings is 1. The first-order valence-corrected chi connectivity index (χ1v) is 10.6. The summed E-state index contributed by atoms with van der Waals surface area (Å²) in [5, 5.41) is 1.36. The van der Waals surface area contributed by atoms with Gasteiger partial charge >= 0.3 is 0 Å². The van der Waals surface area contributed by atoms with Crippen molar-refractivity contribution in [3.05, 3.63) is 71.7 Å². The van der Waals surface area contributed by atoms with E-state index in [9.17, 15) is 9.59 Å². The number of ketones is 1. The maximum atomic E-state index is 15.5. The van der Waals surface area contributed by atoms with Crippen molar-refractivity contribution in [2.75, 3.05) is 7.11 Å². The minimum absolute atomic E-state index is 0.00163. The van der Waals surface area contributed by atoms with Gasteiger partial charge in [-0.3, -0.25) is 14.6 Å². The van der Waals surface area contributed by atoms with E-state index in [0.29, 0.717) is 51.1 Å². The fraction of sp³-hybridized carbons (Fsp3) is 0.192. The third kappa shape index (κ3) is 3.86. The van der Waals surface area contributed by atoms with E-state index in [1.165, 1.54) is 25.4 Å². The van der Waals surface area contributed by atoms with E-state index >= 15 is 4.39 Å². The summed E-state index contributed by atoms with van der Waals surface area (Å²) >= 11 is 0. The fourth-order valence-corrected chi connectivity index (χ4v) is 4.03. The molecule has 0 spiro atoms. The number of nitrogens with zero attached hydrogens (tertiary/aromatic N) is 1. The van der Waals surface area contributed by atoms with Gasteiger partial charge in [-0.1, -0.05) is 18.2 Å². The van der Waals surface area contributed by atoms with Crippen LogP contribution in [-0.2, 0) is 0 Å². The second-order valence-corrected chi connectivity index (χ2v) is 8.19. The monoisotopic (exact) mass is 444 g/mol. The van der Waals surface area contributed by atoms with Crippen molar-refractivity contribution < 1.29 is 23.5 Å². The predicted molar refractivity (Wildman–Crippen MR) is 122 cm³/mol. The maximum absolute atomic E-state index is 15.5. The van der Waals surface area contributed by atoms with E-state index < -0.39 is 11.7 Å². The molecule has 0 unspecified atom stereocenters. The second kappa shape index (κ2) is 8.16. The van der Waals surface area contributed by atoms with E-state index in [4.69, 9.17) is 15.2 Å². The van der Waals surface area contributed by atoms with Crippen molar-refractivity contribution in [2.45, 2.75) is 19.3 Å². The van der Waals surface area contributed by atoms with Crippen molar-refractivity contribution >= 4 is 33.4 Å². The number of primary amides is 1. The van der Waals surface area contributed by atoms with Gasteiger partial charge in [0.2, 0.25) is 0 Å². The number of amides is 1. The molecule has 7 heteroatoms. The summed E-state index contributed by atoms with van der Waals surface area (Å²) in [5.41, 5.74) is 6.67. The van der Waals surface area contributed by atoms with Crippen LogP contribution >= 0.6 is 0 Å².